The molecule has 0 bridgehead atoms. The quantitative estimate of drug-likeness (QED) is 0.543. The summed E-state index contributed by atoms with van der Waals surface area (Å²) in [5.74, 6) is 5.26. The topological polar surface area (TPSA) is 50.9 Å². The number of halogens is 1. The van der Waals surface area contributed by atoms with Gasteiger partial charge in [0.2, 0.25) is 0 Å². The summed E-state index contributed by atoms with van der Waals surface area (Å²) in [5, 5.41) is 0.858. The molecule has 0 spiro atoms. The number of rotatable bonds is 1. The van der Waals surface area contributed by atoms with Crippen molar-refractivity contribution in [3.63, 3.8) is 0 Å². The first kappa shape index (κ1) is 9.77. The average Bonchev–Trinajstić information content (AvgIpc) is 2.46. The largest absolute Gasteiger partial charge is 0.300 e. The van der Waals surface area contributed by atoms with Crippen LogP contribution in [0.25, 0.3) is 0 Å². The van der Waals surface area contributed by atoms with E-state index in [1.54, 1.807) is 11.3 Å². The predicted octanol–water partition coefficient (Wildman–Crippen LogP) is 1.73. The summed E-state index contributed by atoms with van der Waals surface area (Å²) in [6, 6.07) is 0. The third kappa shape index (κ3) is 1.71. The van der Waals surface area contributed by atoms with E-state index in [1.807, 2.05) is 0 Å². The second kappa shape index (κ2) is 4.07. The van der Waals surface area contributed by atoms with Crippen LogP contribution in [0.2, 0.25) is 0 Å². The first-order valence-corrected chi connectivity index (χ1v) is 4.67. The van der Waals surface area contributed by atoms with Crippen molar-refractivity contribution in [1.82, 2.24) is 4.98 Å². The Balaban J connectivity index is 0.000000720. The van der Waals surface area contributed by atoms with Crippen LogP contribution in [0.3, 0.4) is 0 Å². The lowest BCUT2D eigenvalue weighted by atomic mass is 10.0. The minimum atomic E-state index is 0. The number of nitrogens with two attached hydrogens (primary N) is 1. The number of hydrogen-bond acceptors (Lipinski definition) is 4. The minimum Gasteiger partial charge on any atom is -0.300 e. The number of hydrazine groups is 1. The number of aromatic nitrogens is 1. The molecule has 1 aromatic rings. The van der Waals surface area contributed by atoms with Crippen molar-refractivity contribution < 1.29 is 0 Å². The zero-order chi connectivity index (χ0) is 7.68. The zero-order valence-corrected chi connectivity index (χ0v) is 8.30. The van der Waals surface area contributed by atoms with Crippen LogP contribution >= 0.6 is 23.7 Å². The highest BCUT2D eigenvalue weighted by molar-refractivity contribution is 7.15. The van der Waals surface area contributed by atoms with E-state index in [-0.39, 0.29) is 12.4 Å². The SMILES string of the molecule is Cl.NNc1nc2c(s1)CCCC2. The second-order valence-electron chi connectivity index (χ2n) is 2.74. The lowest BCUT2D eigenvalue weighted by Crippen LogP contribution is -2.06. The lowest BCUT2D eigenvalue weighted by Gasteiger charge is -2.06. The normalized spacial score (nSPS) is 14.8. The van der Waals surface area contributed by atoms with Gasteiger partial charge in [-0.1, -0.05) is 0 Å². The molecule has 1 aromatic heterocycles. The van der Waals surface area contributed by atoms with Crippen LogP contribution < -0.4 is 11.3 Å². The van der Waals surface area contributed by atoms with Gasteiger partial charge in [-0.3, -0.25) is 5.43 Å². The van der Waals surface area contributed by atoms with Crippen LogP contribution in [0.5, 0.6) is 0 Å². The zero-order valence-electron chi connectivity index (χ0n) is 6.67. The molecule has 1 aliphatic carbocycles. The highest BCUT2D eigenvalue weighted by Gasteiger charge is 2.13. The molecule has 5 heteroatoms. The van der Waals surface area contributed by atoms with Crippen LogP contribution in [-0.2, 0) is 12.8 Å². The number of aryl methyl sites for hydroxylation is 2. The van der Waals surface area contributed by atoms with Crippen molar-refractivity contribution in [2.75, 3.05) is 5.43 Å². The molecule has 0 aliphatic heterocycles. The molecule has 0 saturated carbocycles. The first-order chi connectivity index (χ1) is 5.40. The van der Waals surface area contributed by atoms with E-state index in [0.717, 1.165) is 11.6 Å². The van der Waals surface area contributed by atoms with E-state index >= 15 is 0 Å². The molecular formula is C7H12ClN3S. The van der Waals surface area contributed by atoms with Gasteiger partial charge in [0.25, 0.3) is 0 Å². The Morgan fingerprint density at radius 3 is 2.75 bits per heavy atom. The van der Waals surface area contributed by atoms with Gasteiger partial charge in [0.1, 0.15) is 0 Å². The molecule has 2 rings (SSSR count). The number of nitrogen functional groups attached to an aromatic ring is 1. The Morgan fingerprint density at radius 1 is 1.33 bits per heavy atom. The monoisotopic (exact) mass is 205 g/mol. The third-order valence-electron chi connectivity index (χ3n) is 1.97. The molecule has 0 aromatic carbocycles. The van der Waals surface area contributed by atoms with Gasteiger partial charge in [0, 0.05) is 4.88 Å². The van der Waals surface area contributed by atoms with Crippen molar-refractivity contribution in [3.05, 3.63) is 10.6 Å². The molecule has 0 fully saturated rings. The number of anilines is 1. The summed E-state index contributed by atoms with van der Waals surface area (Å²) in [6.45, 7) is 0. The van der Waals surface area contributed by atoms with E-state index < -0.39 is 0 Å². The Hall–Kier alpha value is -0.320. The molecule has 1 aliphatic rings. The predicted molar refractivity (Wildman–Crippen MR) is 53.8 cm³/mol. The highest BCUT2D eigenvalue weighted by Crippen LogP contribution is 2.28. The second-order valence-corrected chi connectivity index (χ2v) is 3.82. The summed E-state index contributed by atoms with van der Waals surface area (Å²) in [5.41, 5.74) is 3.85. The molecule has 3 N–H and O–H groups in total. The summed E-state index contributed by atoms with van der Waals surface area (Å²) >= 11 is 1.69. The van der Waals surface area contributed by atoms with Crippen LogP contribution in [-0.4, -0.2) is 4.98 Å². The Labute approximate surface area is 81.8 Å². The smallest absolute Gasteiger partial charge is 0.197 e. The van der Waals surface area contributed by atoms with Crippen molar-refractivity contribution in [1.29, 1.82) is 0 Å². The molecule has 68 valence electrons. The molecule has 12 heavy (non-hydrogen) atoms. The van der Waals surface area contributed by atoms with Crippen LogP contribution in [0.4, 0.5) is 5.13 Å². The summed E-state index contributed by atoms with van der Waals surface area (Å²) in [4.78, 5) is 5.77. The molecule has 3 nitrogen and oxygen atoms in total. The molecule has 0 amide bonds. The van der Waals surface area contributed by atoms with E-state index in [0.29, 0.717) is 0 Å². The highest BCUT2D eigenvalue weighted by atomic mass is 35.5. The number of thiazole rings is 1. The van der Waals surface area contributed by atoms with E-state index in [4.69, 9.17) is 5.84 Å². The van der Waals surface area contributed by atoms with Crippen molar-refractivity contribution in [2.45, 2.75) is 25.7 Å². The third-order valence-corrected chi connectivity index (χ3v) is 3.06. The molecule has 0 unspecified atom stereocenters. The average molecular weight is 206 g/mol. The molecule has 0 radical (unpaired) electrons. The number of fused-ring (bicyclic) bond motifs is 1. The Kier molecular flexibility index (Phi) is 3.31. The fourth-order valence-electron chi connectivity index (χ4n) is 1.41. The summed E-state index contributed by atoms with van der Waals surface area (Å²) in [7, 11) is 0. The number of nitrogens with one attached hydrogen (secondary N) is 1. The lowest BCUT2D eigenvalue weighted by molar-refractivity contribution is 0.682. The minimum absolute atomic E-state index is 0. The summed E-state index contributed by atoms with van der Waals surface area (Å²) in [6.07, 6.45) is 4.90. The first-order valence-electron chi connectivity index (χ1n) is 3.85. The van der Waals surface area contributed by atoms with Gasteiger partial charge >= 0.3 is 0 Å². The summed E-state index contributed by atoms with van der Waals surface area (Å²) < 4.78 is 0. The van der Waals surface area contributed by atoms with Crippen LogP contribution in [0.1, 0.15) is 23.4 Å². The molecule has 0 atom stereocenters. The van der Waals surface area contributed by atoms with Gasteiger partial charge in [0.05, 0.1) is 5.69 Å². The van der Waals surface area contributed by atoms with Gasteiger partial charge in [-0.05, 0) is 25.7 Å². The molecule has 1 heterocycles. The fourth-order valence-corrected chi connectivity index (χ4v) is 2.37. The van der Waals surface area contributed by atoms with Gasteiger partial charge < -0.3 is 0 Å². The molecular weight excluding hydrogens is 194 g/mol. The standard InChI is InChI=1S/C7H11N3S.ClH/c8-10-7-9-5-3-1-2-4-6(5)11-7;/h1-4,8H2,(H,9,10);1H. The maximum Gasteiger partial charge on any atom is 0.197 e. The molecule has 0 saturated heterocycles. The van der Waals surface area contributed by atoms with Gasteiger partial charge in [-0.15, -0.1) is 23.7 Å². The van der Waals surface area contributed by atoms with Crippen LogP contribution in [0.15, 0.2) is 0 Å². The van der Waals surface area contributed by atoms with Crippen molar-refractivity contribution in [3.8, 4) is 0 Å². The van der Waals surface area contributed by atoms with E-state index in [9.17, 15) is 0 Å². The van der Waals surface area contributed by atoms with Crippen molar-refractivity contribution in [2.24, 2.45) is 5.84 Å². The van der Waals surface area contributed by atoms with Gasteiger partial charge in [-0.2, -0.15) is 0 Å². The van der Waals surface area contributed by atoms with Crippen LogP contribution in [0, 0.1) is 0 Å². The Bertz CT molecular complexity index is 238. The van der Waals surface area contributed by atoms with E-state index in [1.165, 1.54) is 29.8 Å². The van der Waals surface area contributed by atoms with E-state index in [2.05, 4.69) is 10.4 Å². The van der Waals surface area contributed by atoms with Gasteiger partial charge in [0.15, 0.2) is 5.13 Å². The number of hydrogen-bond donors (Lipinski definition) is 2. The number of nitrogens with zero attached hydrogens (tertiary/aromatic N) is 1. The van der Waals surface area contributed by atoms with Gasteiger partial charge in [-0.25, -0.2) is 10.8 Å². The maximum atomic E-state index is 5.26. The fraction of sp³-hybridized carbons (Fsp3) is 0.571. The maximum absolute atomic E-state index is 5.26. The Morgan fingerprint density at radius 2 is 2.08 bits per heavy atom. The van der Waals surface area contributed by atoms with Crippen molar-refractivity contribution >= 4 is 28.9 Å².